The van der Waals surface area contributed by atoms with E-state index in [-0.39, 0.29) is 25.4 Å². The summed E-state index contributed by atoms with van der Waals surface area (Å²) in [5.41, 5.74) is 0. The molecule has 0 aliphatic carbocycles. The molecule has 0 radical (unpaired) electrons. The van der Waals surface area contributed by atoms with Crippen LogP contribution in [-0.2, 0) is 55.4 Å². The summed E-state index contributed by atoms with van der Waals surface area (Å²) in [4.78, 5) is 0. The molecule has 224 valence electrons. The maximum Gasteiger partial charge on any atom is 0.615 e. The molecule has 4 bridgehead atoms. The average molecular weight is 567 g/mol. The Morgan fingerprint density at radius 3 is 1.38 bits per heavy atom. The van der Waals surface area contributed by atoms with Crippen LogP contribution in [0.15, 0.2) is 0 Å². The first kappa shape index (κ1) is 34.4. The van der Waals surface area contributed by atoms with Gasteiger partial charge in [-0.1, -0.05) is 65.2 Å². The summed E-state index contributed by atoms with van der Waals surface area (Å²) >= 11 is 0. The molecule has 3 rings (SSSR count). The van der Waals surface area contributed by atoms with E-state index in [1.165, 1.54) is 25.7 Å². The Hall–Kier alpha value is -0.0904. The van der Waals surface area contributed by atoms with E-state index in [9.17, 15) is 0 Å². The van der Waals surface area contributed by atoms with Crippen molar-refractivity contribution < 1.29 is 55.4 Å². The Kier molecular flexibility index (Phi) is 16.5. The summed E-state index contributed by atoms with van der Waals surface area (Å²) in [6.45, 7) is 12.2. The van der Waals surface area contributed by atoms with Crippen molar-refractivity contribution in [3.05, 3.63) is 0 Å². The number of fused-ring (bicyclic) bond motifs is 4. The molecule has 3 saturated heterocycles. The van der Waals surface area contributed by atoms with Gasteiger partial charge in [0.05, 0.1) is 25.4 Å². The highest BCUT2D eigenvalue weighted by molar-refractivity contribution is 6.67. The molecule has 4 atom stereocenters. The van der Waals surface area contributed by atoms with Crippen LogP contribution >= 0.6 is 0 Å². The smallest absolute Gasteiger partial charge is 0.400 e. The molecule has 3 fully saturated rings. The molecule has 3 aliphatic heterocycles. The number of hydrogen-bond donors (Lipinski definition) is 0. The first-order valence-electron chi connectivity index (χ1n) is 15.1. The number of unbranched alkanes of at least 4 members (excludes halogenated alkanes) is 6. The molecule has 3 heterocycles. The van der Waals surface area contributed by atoms with Gasteiger partial charge in [0.25, 0.3) is 0 Å². The van der Waals surface area contributed by atoms with Gasteiger partial charge >= 0.3 is 43.9 Å². The van der Waals surface area contributed by atoms with E-state index in [0.29, 0.717) is 0 Å². The zero-order valence-electron chi connectivity index (χ0n) is 25.2. The van der Waals surface area contributed by atoms with E-state index in [4.69, 9.17) is 55.4 Å². The molecule has 4 unspecified atom stereocenters. The van der Waals surface area contributed by atoms with Crippen LogP contribution in [-0.4, -0.2) is 81.6 Å². The lowest BCUT2D eigenvalue weighted by Gasteiger charge is -2.34. The fraction of sp³-hybridized carbons (Fsp3) is 1.00. The van der Waals surface area contributed by atoms with E-state index in [2.05, 4.69) is 13.8 Å². The van der Waals surface area contributed by atoms with Gasteiger partial charge in [0.1, 0.15) is 0 Å². The Balaban J connectivity index is 1.54. The molecule has 40 heavy (non-hydrogen) atoms. The van der Waals surface area contributed by atoms with Crippen LogP contribution in [0.5, 0.6) is 0 Å². The van der Waals surface area contributed by atoms with Gasteiger partial charge in [-0.15, -0.1) is 0 Å². The molecule has 0 aromatic rings. The normalized spacial score (nSPS) is 24.8. The Morgan fingerprint density at radius 1 is 0.575 bits per heavy atom. The predicted octanol–water partition coefficient (Wildman–Crippen LogP) is 3.63. The topological polar surface area (TPSA) is 111 Å². The fourth-order valence-electron chi connectivity index (χ4n) is 4.27. The quantitative estimate of drug-likeness (QED) is 0.226. The molecular formula is C22H46B6O12. The molecule has 0 N–H and O–H groups in total. The summed E-state index contributed by atoms with van der Waals surface area (Å²) in [5, 5.41) is 0. The fourth-order valence-corrected chi connectivity index (χ4v) is 4.27. The van der Waals surface area contributed by atoms with E-state index >= 15 is 0 Å². The molecule has 0 saturated carbocycles. The first-order chi connectivity index (χ1) is 19.3. The Bertz CT molecular complexity index is 624. The van der Waals surface area contributed by atoms with Gasteiger partial charge in [-0.05, 0) is 40.5 Å². The van der Waals surface area contributed by atoms with Crippen LogP contribution in [0.3, 0.4) is 0 Å². The maximum atomic E-state index is 5.96. The molecule has 0 amide bonds. The zero-order valence-corrected chi connectivity index (χ0v) is 25.2. The van der Waals surface area contributed by atoms with Crippen molar-refractivity contribution in [2.75, 3.05) is 13.2 Å². The van der Waals surface area contributed by atoms with E-state index in [0.717, 1.165) is 38.5 Å². The SMILES string of the molecule is CCCCCCC(C)OB1OB2OCC(C)OB3OB(OCC(C)OB(O2)O1)OB(OC(C)CCCCCC)O3. The molecule has 0 aromatic heterocycles. The lowest BCUT2D eigenvalue weighted by Crippen LogP contribution is -2.57. The van der Waals surface area contributed by atoms with Crippen LogP contribution in [0.4, 0.5) is 0 Å². The van der Waals surface area contributed by atoms with Gasteiger partial charge in [0.15, 0.2) is 0 Å². The Morgan fingerprint density at radius 2 is 0.975 bits per heavy atom. The maximum absolute atomic E-state index is 5.96. The third kappa shape index (κ3) is 13.5. The van der Waals surface area contributed by atoms with Crippen molar-refractivity contribution in [1.82, 2.24) is 0 Å². The largest absolute Gasteiger partial charge is 0.615 e. The molecule has 3 aliphatic rings. The summed E-state index contributed by atoms with van der Waals surface area (Å²) in [5.74, 6) is 0. The number of hydrogen-bond acceptors (Lipinski definition) is 12. The van der Waals surface area contributed by atoms with E-state index < -0.39 is 56.1 Å². The second-order valence-corrected chi connectivity index (χ2v) is 10.7. The summed E-state index contributed by atoms with van der Waals surface area (Å²) in [6.07, 6.45) is 9.94. The predicted molar refractivity (Wildman–Crippen MR) is 153 cm³/mol. The highest BCUT2D eigenvalue weighted by Crippen LogP contribution is 2.20. The first-order valence-corrected chi connectivity index (χ1v) is 15.1. The summed E-state index contributed by atoms with van der Waals surface area (Å²) in [6, 6.07) is 0. The van der Waals surface area contributed by atoms with Crippen LogP contribution in [0.25, 0.3) is 0 Å². The van der Waals surface area contributed by atoms with Crippen LogP contribution < -0.4 is 0 Å². The summed E-state index contributed by atoms with van der Waals surface area (Å²) in [7, 11) is -6.40. The number of rotatable bonds is 14. The zero-order chi connectivity index (χ0) is 28.7. The second-order valence-electron chi connectivity index (χ2n) is 10.7. The van der Waals surface area contributed by atoms with E-state index in [1.807, 2.05) is 13.8 Å². The van der Waals surface area contributed by atoms with Crippen molar-refractivity contribution in [1.29, 1.82) is 0 Å². The molecular weight excluding hydrogens is 521 g/mol. The van der Waals surface area contributed by atoms with Gasteiger partial charge < -0.3 is 55.4 Å². The highest BCUT2D eigenvalue weighted by Gasteiger charge is 2.50. The second kappa shape index (κ2) is 19.2. The van der Waals surface area contributed by atoms with Crippen molar-refractivity contribution in [2.24, 2.45) is 0 Å². The van der Waals surface area contributed by atoms with Gasteiger partial charge in [0.2, 0.25) is 0 Å². The summed E-state index contributed by atoms with van der Waals surface area (Å²) < 4.78 is 69.6. The molecule has 12 nitrogen and oxygen atoms in total. The lowest BCUT2D eigenvalue weighted by atomic mass is 9.94. The van der Waals surface area contributed by atoms with Crippen molar-refractivity contribution in [2.45, 2.75) is 130 Å². The van der Waals surface area contributed by atoms with Crippen LogP contribution in [0.2, 0.25) is 0 Å². The molecule has 0 aromatic carbocycles. The minimum Gasteiger partial charge on any atom is -0.400 e. The lowest BCUT2D eigenvalue weighted by molar-refractivity contribution is -0.0100. The monoisotopic (exact) mass is 568 g/mol. The minimum absolute atomic E-state index is 0.0742. The van der Waals surface area contributed by atoms with Crippen molar-refractivity contribution in [3.8, 4) is 0 Å². The molecule has 18 heteroatoms. The van der Waals surface area contributed by atoms with Crippen LogP contribution in [0.1, 0.15) is 106 Å². The average Bonchev–Trinajstić information content (AvgIpc) is 2.90. The standard InChI is InChI=1S/C22H46B6O12/c1-7-9-11-13-15-19(3)31-25-35-23-29-17-22(6)34-28-38-24(30-18-21(5)33-27(37-23)39-25)36-26(40-28)32-20(4)16-14-12-10-8-2/h19-22H,7-18H2,1-6H3. The van der Waals surface area contributed by atoms with Gasteiger partial charge in [-0.25, -0.2) is 0 Å². The van der Waals surface area contributed by atoms with Gasteiger partial charge in [0, 0.05) is 12.2 Å². The van der Waals surface area contributed by atoms with Crippen LogP contribution in [0, 0.1) is 0 Å². The Labute approximate surface area is 242 Å². The van der Waals surface area contributed by atoms with Crippen molar-refractivity contribution >= 4 is 43.9 Å². The van der Waals surface area contributed by atoms with Gasteiger partial charge in [-0.3, -0.25) is 0 Å². The van der Waals surface area contributed by atoms with Gasteiger partial charge in [-0.2, -0.15) is 0 Å². The van der Waals surface area contributed by atoms with E-state index in [1.54, 1.807) is 13.8 Å². The molecule has 0 spiro atoms. The van der Waals surface area contributed by atoms with Crippen molar-refractivity contribution in [3.63, 3.8) is 0 Å². The third-order valence-corrected chi connectivity index (χ3v) is 6.57. The minimum atomic E-state index is -1.09. The highest BCUT2D eigenvalue weighted by atomic mass is 16.9. The third-order valence-electron chi connectivity index (χ3n) is 6.57.